The SMILES string of the molecule is Cc1c(C)c2c(c(C)c1CCCCCCNC(=O)OC(C)(C)C)CCC(C)(COc1ccc(C=C3SC(=O)NC3=O)cc1)O2. The minimum Gasteiger partial charge on any atom is -0.489 e. The van der Waals surface area contributed by atoms with E-state index in [1.54, 1.807) is 6.08 Å². The number of amides is 3. The third kappa shape index (κ3) is 8.80. The quantitative estimate of drug-likeness (QED) is 0.195. The fourth-order valence-electron chi connectivity index (χ4n) is 5.61. The highest BCUT2D eigenvalue weighted by atomic mass is 32.2. The van der Waals surface area contributed by atoms with Crippen LogP contribution in [0.1, 0.15) is 93.2 Å². The zero-order chi connectivity index (χ0) is 32.1. The summed E-state index contributed by atoms with van der Waals surface area (Å²) < 4.78 is 18.1. The van der Waals surface area contributed by atoms with Crippen LogP contribution in [0.5, 0.6) is 11.5 Å². The molecular weight excluding hydrogens is 576 g/mol. The van der Waals surface area contributed by atoms with Crippen LogP contribution in [0.4, 0.5) is 9.59 Å². The number of carbonyl (C=O) groups excluding carboxylic acids is 3. The maximum absolute atomic E-state index is 11.8. The van der Waals surface area contributed by atoms with Crippen molar-refractivity contribution in [2.45, 2.75) is 105 Å². The summed E-state index contributed by atoms with van der Waals surface area (Å²) >= 11 is 0.907. The van der Waals surface area contributed by atoms with Crippen LogP contribution in [-0.2, 0) is 22.4 Å². The summed E-state index contributed by atoms with van der Waals surface area (Å²) in [7, 11) is 0. The van der Waals surface area contributed by atoms with Crippen molar-refractivity contribution in [1.82, 2.24) is 10.6 Å². The minimum atomic E-state index is -0.474. The molecule has 4 rings (SSSR count). The lowest BCUT2D eigenvalue weighted by Crippen LogP contribution is -2.42. The molecule has 9 heteroatoms. The topological polar surface area (TPSA) is 103 Å². The van der Waals surface area contributed by atoms with Crippen molar-refractivity contribution in [3.8, 4) is 11.5 Å². The number of rotatable bonds is 11. The van der Waals surface area contributed by atoms with Crippen molar-refractivity contribution >= 4 is 35.1 Å². The number of nitrogens with one attached hydrogen (secondary N) is 2. The molecule has 0 saturated carbocycles. The zero-order valence-electron chi connectivity index (χ0n) is 27.1. The summed E-state index contributed by atoms with van der Waals surface area (Å²) in [6, 6.07) is 7.49. The molecule has 2 heterocycles. The van der Waals surface area contributed by atoms with Crippen LogP contribution in [-0.4, -0.2) is 41.6 Å². The first-order chi connectivity index (χ1) is 20.7. The Morgan fingerprint density at radius 2 is 1.75 bits per heavy atom. The smallest absolute Gasteiger partial charge is 0.407 e. The standard InChI is InChI=1S/C35H46N2O6S/c1-22-23(2)30-28(24(3)27(22)12-10-8-9-11-19-36-32(39)43-34(4,5)6)17-18-35(7,42-30)21-41-26-15-13-25(14-16-26)20-29-31(38)37-33(40)44-29/h13-16,20H,8-12,17-19,21H2,1-7H3,(H,36,39)(H,37,38,40). The Morgan fingerprint density at radius 1 is 1.05 bits per heavy atom. The number of alkyl carbamates (subject to hydrolysis) is 1. The largest absolute Gasteiger partial charge is 0.489 e. The Kier molecular flexibility index (Phi) is 10.7. The fourth-order valence-corrected chi connectivity index (χ4v) is 6.30. The average molecular weight is 623 g/mol. The molecule has 0 aliphatic carbocycles. The van der Waals surface area contributed by atoms with E-state index in [2.05, 4.69) is 38.3 Å². The molecule has 2 aliphatic heterocycles. The predicted molar refractivity (Wildman–Crippen MR) is 175 cm³/mol. The van der Waals surface area contributed by atoms with Gasteiger partial charge in [-0.2, -0.15) is 0 Å². The highest BCUT2D eigenvalue weighted by Crippen LogP contribution is 2.41. The van der Waals surface area contributed by atoms with Gasteiger partial charge in [0.15, 0.2) is 0 Å². The Morgan fingerprint density at radius 3 is 2.41 bits per heavy atom. The molecule has 2 aliphatic rings. The molecule has 44 heavy (non-hydrogen) atoms. The van der Waals surface area contributed by atoms with Crippen LogP contribution in [0.2, 0.25) is 0 Å². The molecule has 1 fully saturated rings. The second kappa shape index (κ2) is 14.1. The number of benzene rings is 2. The monoisotopic (exact) mass is 622 g/mol. The van der Waals surface area contributed by atoms with Crippen molar-refractivity contribution in [3.63, 3.8) is 0 Å². The van der Waals surface area contributed by atoms with E-state index in [4.69, 9.17) is 14.2 Å². The van der Waals surface area contributed by atoms with Gasteiger partial charge in [0.1, 0.15) is 29.3 Å². The van der Waals surface area contributed by atoms with Gasteiger partial charge in [0.2, 0.25) is 0 Å². The van der Waals surface area contributed by atoms with E-state index in [0.29, 0.717) is 18.1 Å². The Labute approximate surface area is 265 Å². The molecule has 1 saturated heterocycles. The molecule has 2 N–H and O–H groups in total. The molecule has 0 aromatic heterocycles. The lowest BCUT2D eigenvalue weighted by atomic mass is 9.84. The van der Waals surface area contributed by atoms with E-state index in [0.717, 1.165) is 73.8 Å². The summed E-state index contributed by atoms with van der Waals surface area (Å²) in [5.41, 5.74) is 6.50. The summed E-state index contributed by atoms with van der Waals surface area (Å²) in [4.78, 5) is 35.4. The van der Waals surface area contributed by atoms with E-state index in [-0.39, 0.29) is 17.2 Å². The first-order valence-electron chi connectivity index (χ1n) is 15.5. The number of hydrogen-bond acceptors (Lipinski definition) is 7. The number of carbonyl (C=O) groups is 3. The number of ether oxygens (including phenoxy) is 3. The maximum Gasteiger partial charge on any atom is 0.407 e. The molecular formula is C35H46N2O6S. The summed E-state index contributed by atoms with van der Waals surface area (Å²) in [5.74, 6) is 1.36. The molecule has 2 aromatic rings. The molecule has 8 nitrogen and oxygen atoms in total. The molecule has 3 amide bonds. The lowest BCUT2D eigenvalue weighted by Gasteiger charge is -2.38. The first-order valence-corrected chi connectivity index (χ1v) is 16.3. The summed E-state index contributed by atoms with van der Waals surface area (Å²) in [5, 5.41) is 4.76. The van der Waals surface area contributed by atoms with Crippen LogP contribution >= 0.6 is 11.8 Å². The van der Waals surface area contributed by atoms with Crippen molar-refractivity contribution in [3.05, 3.63) is 62.6 Å². The van der Waals surface area contributed by atoms with E-state index in [1.165, 1.54) is 27.8 Å². The van der Waals surface area contributed by atoms with E-state index in [1.807, 2.05) is 45.0 Å². The van der Waals surface area contributed by atoms with Gasteiger partial charge in [0, 0.05) is 6.54 Å². The number of thioether (sulfide) groups is 1. The van der Waals surface area contributed by atoms with Gasteiger partial charge >= 0.3 is 6.09 Å². The van der Waals surface area contributed by atoms with Crippen molar-refractivity contribution < 1.29 is 28.6 Å². The molecule has 0 spiro atoms. The van der Waals surface area contributed by atoms with Gasteiger partial charge in [-0.05, 0) is 144 Å². The van der Waals surface area contributed by atoms with E-state index in [9.17, 15) is 14.4 Å². The van der Waals surface area contributed by atoms with Crippen molar-refractivity contribution in [2.24, 2.45) is 0 Å². The lowest BCUT2D eigenvalue weighted by molar-refractivity contribution is -0.115. The van der Waals surface area contributed by atoms with Gasteiger partial charge in [0.05, 0.1) is 4.91 Å². The minimum absolute atomic E-state index is 0.349. The number of hydrogen-bond donors (Lipinski definition) is 2. The fraction of sp³-hybridized carbons (Fsp3) is 0.514. The van der Waals surface area contributed by atoms with Crippen LogP contribution < -0.4 is 20.1 Å². The number of unbranched alkanes of at least 4 members (excludes halogenated alkanes) is 3. The third-order valence-corrected chi connectivity index (χ3v) is 8.98. The highest BCUT2D eigenvalue weighted by molar-refractivity contribution is 8.18. The third-order valence-electron chi connectivity index (χ3n) is 8.17. The second-order valence-corrected chi connectivity index (χ2v) is 14.0. The first kappa shape index (κ1) is 33.4. The van der Waals surface area contributed by atoms with Crippen LogP contribution in [0.25, 0.3) is 6.08 Å². The van der Waals surface area contributed by atoms with Crippen molar-refractivity contribution in [1.29, 1.82) is 0 Å². The van der Waals surface area contributed by atoms with Gasteiger partial charge in [-0.15, -0.1) is 0 Å². The average Bonchev–Trinajstić information content (AvgIpc) is 3.27. The van der Waals surface area contributed by atoms with Crippen molar-refractivity contribution in [2.75, 3.05) is 13.2 Å². The number of imide groups is 1. The van der Waals surface area contributed by atoms with Gasteiger partial charge < -0.3 is 19.5 Å². The summed E-state index contributed by atoms with van der Waals surface area (Å²) in [6.07, 6.45) is 8.42. The summed E-state index contributed by atoms with van der Waals surface area (Å²) in [6.45, 7) is 15.4. The molecule has 1 atom stereocenters. The normalized spacial score (nSPS) is 18.9. The Bertz CT molecular complexity index is 1430. The molecule has 0 bridgehead atoms. The Balaban J connectivity index is 1.28. The maximum atomic E-state index is 11.8. The molecule has 1 unspecified atom stereocenters. The van der Waals surface area contributed by atoms with Crippen LogP contribution in [0, 0.1) is 20.8 Å². The zero-order valence-corrected chi connectivity index (χ0v) is 27.9. The predicted octanol–water partition coefficient (Wildman–Crippen LogP) is 7.73. The molecule has 2 aromatic carbocycles. The van der Waals surface area contributed by atoms with E-state index >= 15 is 0 Å². The second-order valence-electron chi connectivity index (χ2n) is 13.0. The van der Waals surface area contributed by atoms with Crippen LogP contribution in [0.3, 0.4) is 0 Å². The molecule has 238 valence electrons. The number of fused-ring (bicyclic) bond motifs is 1. The van der Waals surface area contributed by atoms with Gasteiger partial charge in [-0.25, -0.2) is 4.79 Å². The van der Waals surface area contributed by atoms with Crippen LogP contribution in [0.15, 0.2) is 29.2 Å². The van der Waals surface area contributed by atoms with Gasteiger partial charge in [-0.3, -0.25) is 14.9 Å². The Hall–Kier alpha value is -3.46. The van der Waals surface area contributed by atoms with Gasteiger partial charge in [-0.1, -0.05) is 25.0 Å². The molecule has 0 radical (unpaired) electrons. The van der Waals surface area contributed by atoms with Gasteiger partial charge in [0.25, 0.3) is 11.1 Å². The van der Waals surface area contributed by atoms with E-state index < -0.39 is 11.2 Å². The highest BCUT2D eigenvalue weighted by Gasteiger charge is 2.35.